The molecular weight excluding hydrogens is 120 g/mol. The van der Waals surface area contributed by atoms with E-state index in [0.29, 0.717) is 0 Å². The van der Waals surface area contributed by atoms with E-state index in [1.54, 1.807) is 0 Å². The first kappa shape index (κ1) is 8.31. The zero-order valence-corrected chi connectivity index (χ0v) is 5.16. The summed E-state index contributed by atoms with van der Waals surface area (Å²) in [4.78, 5) is 0. The highest BCUT2D eigenvalue weighted by atomic mass is 32.1. The Labute approximate surface area is 56.8 Å². The fraction of sp³-hybridized carbons (Fsp3) is 1.00. The van der Waals surface area contributed by atoms with Crippen LogP contribution in [0.15, 0.2) is 0 Å². The van der Waals surface area contributed by atoms with Crippen molar-refractivity contribution in [2.75, 3.05) is 19.0 Å². The van der Waals surface area contributed by atoms with Gasteiger partial charge in [0.25, 0.3) is 0 Å². The van der Waals surface area contributed by atoms with Gasteiger partial charge in [0.15, 0.2) is 0 Å². The van der Waals surface area contributed by atoms with Crippen LogP contribution in [-0.2, 0) is 4.74 Å². The van der Waals surface area contributed by atoms with Gasteiger partial charge in [-0.2, -0.15) is 12.6 Å². The van der Waals surface area contributed by atoms with Gasteiger partial charge in [-0.05, 0) is 18.1 Å². The van der Waals surface area contributed by atoms with E-state index in [1.165, 1.54) is 6.42 Å². The Morgan fingerprint density at radius 3 is 2.62 bits per heavy atom. The van der Waals surface area contributed by atoms with Gasteiger partial charge < -0.3 is 4.74 Å². The van der Waals surface area contributed by atoms with E-state index in [0.717, 1.165) is 24.9 Å². The second-order valence-electron chi connectivity index (χ2n) is 1.91. The van der Waals surface area contributed by atoms with Crippen LogP contribution in [0.4, 0.5) is 0 Å². The number of thiol groups is 1. The van der Waals surface area contributed by atoms with Gasteiger partial charge in [-0.1, -0.05) is 7.43 Å². The van der Waals surface area contributed by atoms with Crippen molar-refractivity contribution in [1.82, 2.24) is 0 Å². The lowest BCUT2D eigenvalue weighted by Gasteiger charge is -1.96. The Morgan fingerprint density at radius 2 is 2.38 bits per heavy atom. The van der Waals surface area contributed by atoms with Crippen LogP contribution in [-0.4, -0.2) is 19.0 Å². The SMILES string of the molecule is C.SC[C@@H]1CCOC1. The van der Waals surface area contributed by atoms with Gasteiger partial charge in [-0.15, -0.1) is 0 Å². The highest BCUT2D eigenvalue weighted by Crippen LogP contribution is 2.12. The summed E-state index contributed by atoms with van der Waals surface area (Å²) in [5, 5.41) is 0. The molecule has 0 unspecified atom stereocenters. The smallest absolute Gasteiger partial charge is 0.0502 e. The van der Waals surface area contributed by atoms with Gasteiger partial charge in [-0.25, -0.2) is 0 Å². The van der Waals surface area contributed by atoms with Gasteiger partial charge in [-0.3, -0.25) is 0 Å². The Hall–Kier alpha value is 0.310. The lowest BCUT2D eigenvalue weighted by atomic mass is 10.2. The average Bonchev–Trinajstić information content (AvgIpc) is 2.14. The van der Waals surface area contributed by atoms with E-state index in [4.69, 9.17) is 4.74 Å². The number of hydrogen-bond acceptors (Lipinski definition) is 2. The van der Waals surface area contributed by atoms with Crippen LogP contribution >= 0.6 is 12.6 Å². The molecule has 0 bridgehead atoms. The molecule has 1 aliphatic rings. The third-order valence-electron chi connectivity index (χ3n) is 1.28. The van der Waals surface area contributed by atoms with Crippen LogP contribution in [0.5, 0.6) is 0 Å². The largest absolute Gasteiger partial charge is 0.381 e. The first-order valence-electron chi connectivity index (χ1n) is 2.62. The van der Waals surface area contributed by atoms with Crippen molar-refractivity contribution >= 4 is 12.6 Å². The van der Waals surface area contributed by atoms with E-state index in [-0.39, 0.29) is 7.43 Å². The van der Waals surface area contributed by atoms with E-state index in [9.17, 15) is 0 Å². The molecule has 2 heteroatoms. The van der Waals surface area contributed by atoms with Crippen molar-refractivity contribution in [3.05, 3.63) is 0 Å². The van der Waals surface area contributed by atoms with E-state index >= 15 is 0 Å². The molecule has 1 aliphatic heterocycles. The molecule has 0 amide bonds. The molecule has 0 aliphatic carbocycles. The predicted molar refractivity (Wildman–Crippen MR) is 39.5 cm³/mol. The third-order valence-corrected chi connectivity index (χ3v) is 1.80. The average molecular weight is 134 g/mol. The monoisotopic (exact) mass is 134 g/mol. The predicted octanol–water partition coefficient (Wildman–Crippen LogP) is 1.59. The van der Waals surface area contributed by atoms with Gasteiger partial charge in [0.05, 0.1) is 6.61 Å². The van der Waals surface area contributed by atoms with E-state index in [2.05, 4.69) is 12.6 Å². The molecule has 1 saturated heterocycles. The minimum atomic E-state index is 0. The van der Waals surface area contributed by atoms with Crippen molar-refractivity contribution in [3.63, 3.8) is 0 Å². The Bertz CT molecular complexity index is 50.5. The molecule has 1 fully saturated rings. The Morgan fingerprint density at radius 1 is 1.62 bits per heavy atom. The lowest BCUT2D eigenvalue weighted by Crippen LogP contribution is -1.98. The number of rotatable bonds is 1. The molecule has 0 spiro atoms. The first-order chi connectivity index (χ1) is 3.43. The van der Waals surface area contributed by atoms with Crippen LogP contribution < -0.4 is 0 Å². The molecule has 1 rings (SSSR count). The Balaban J connectivity index is 0.000000490. The maximum absolute atomic E-state index is 5.10. The van der Waals surface area contributed by atoms with Gasteiger partial charge in [0, 0.05) is 6.61 Å². The molecule has 0 N–H and O–H groups in total. The zero-order valence-electron chi connectivity index (χ0n) is 4.26. The quantitative estimate of drug-likeness (QED) is 0.536. The topological polar surface area (TPSA) is 9.23 Å². The van der Waals surface area contributed by atoms with Crippen LogP contribution in [0.1, 0.15) is 13.8 Å². The molecule has 0 radical (unpaired) electrons. The molecule has 8 heavy (non-hydrogen) atoms. The molecule has 1 atom stereocenters. The lowest BCUT2D eigenvalue weighted by molar-refractivity contribution is 0.189. The summed E-state index contributed by atoms with van der Waals surface area (Å²) in [6, 6.07) is 0. The maximum Gasteiger partial charge on any atom is 0.0502 e. The van der Waals surface area contributed by atoms with Crippen molar-refractivity contribution in [2.45, 2.75) is 13.8 Å². The van der Waals surface area contributed by atoms with Crippen LogP contribution in [0.2, 0.25) is 0 Å². The van der Waals surface area contributed by atoms with Crippen molar-refractivity contribution in [1.29, 1.82) is 0 Å². The zero-order chi connectivity index (χ0) is 5.11. The molecule has 50 valence electrons. The van der Waals surface area contributed by atoms with E-state index in [1.807, 2.05) is 0 Å². The fourth-order valence-corrected chi connectivity index (χ4v) is 1.02. The third kappa shape index (κ3) is 2.05. The fourth-order valence-electron chi connectivity index (χ4n) is 0.727. The summed E-state index contributed by atoms with van der Waals surface area (Å²) < 4.78 is 5.10. The summed E-state index contributed by atoms with van der Waals surface area (Å²) in [5.41, 5.74) is 0. The molecule has 1 nitrogen and oxygen atoms in total. The summed E-state index contributed by atoms with van der Waals surface area (Å²) in [5.74, 6) is 1.73. The second kappa shape index (κ2) is 4.21. The first-order valence-corrected chi connectivity index (χ1v) is 3.25. The van der Waals surface area contributed by atoms with Crippen LogP contribution in [0.3, 0.4) is 0 Å². The summed E-state index contributed by atoms with van der Waals surface area (Å²) >= 11 is 4.14. The molecule has 0 aromatic carbocycles. The summed E-state index contributed by atoms with van der Waals surface area (Å²) in [7, 11) is 0. The standard InChI is InChI=1S/C5H10OS.CH4/c7-4-5-1-2-6-3-5;/h5,7H,1-4H2;1H4/t5-;/m1./s1. The van der Waals surface area contributed by atoms with Crippen molar-refractivity contribution in [2.24, 2.45) is 5.92 Å². The van der Waals surface area contributed by atoms with Crippen molar-refractivity contribution in [3.8, 4) is 0 Å². The maximum atomic E-state index is 5.10. The van der Waals surface area contributed by atoms with Gasteiger partial charge in [0.1, 0.15) is 0 Å². The van der Waals surface area contributed by atoms with Crippen LogP contribution in [0, 0.1) is 5.92 Å². The molecule has 1 heterocycles. The minimum Gasteiger partial charge on any atom is -0.381 e. The normalized spacial score (nSPS) is 27.4. The summed E-state index contributed by atoms with van der Waals surface area (Å²) in [6.45, 7) is 1.88. The minimum absolute atomic E-state index is 0. The molecule has 0 saturated carbocycles. The van der Waals surface area contributed by atoms with Gasteiger partial charge >= 0.3 is 0 Å². The molecular formula is C6H14OS. The van der Waals surface area contributed by atoms with Gasteiger partial charge in [0.2, 0.25) is 0 Å². The van der Waals surface area contributed by atoms with Crippen molar-refractivity contribution < 1.29 is 4.74 Å². The highest BCUT2D eigenvalue weighted by molar-refractivity contribution is 7.80. The van der Waals surface area contributed by atoms with E-state index < -0.39 is 0 Å². The second-order valence-corrected chi connectivity index (χ2v) is 2.28. The highest BCUT2D eigenvalue weighted by Gasteiger charge is 2.12. The number of ether oxygens (including phenoxy) is 1. The molecule has 0 aromatic heterocycles. The molecule has 0 aromatic rings. The summed E-state index contributed by atoms with van der Waals surface area (Å²) in [6.07, 6.45) is 1.21. The number of hydrogen-bond donors (Lipinski definition) is 1. The Kier molecular flexibility index (Phi) is 4.38. The van der Waals surface area contributed by atoms with Crippen LogP contribution in [0.25, 0.3) is 0 Å².